The molecule has 8 heteroatoms. The van der Waals surface area contributed by atoms with Crippen molar-refractivity contribution in [2.24, 2.45) is 5.73 Å². The van der Waals surface area contributed by atoms with E-state index in [2.05, 4.69) is 10.3 Å². The highest BCUT2D eigenvalue weighted by Gasteiger charge is 2.18. The van der Waals surface area contributed by atoms with Crippen LogP contribution in [0, 0.1) is 5.82 Å². The molecule has 0 aliphatic carbocycles. The molecule has 5 N–H and O–H groups in total. The quantitative estimate of drug-likeness (QED) is 0.486. The van der Waals surface area contributed by atoms with Crippen molar-refractivity contribution < 1.29 is 19.4 Å². The monoisotopic (exact) mass is 401 g/mol. The number of nitrogens with two attached hydrogens (primary N) is 1. The number of carbonyl (C=O) groups excluding carboxylic acids is 1. The van der Waals surface area contributed by atoms with Crippen LogP contribution < -0.4 is 11.1 Å². The number of rotatable bonds is 7. The van der Waals surface area contributed by atoms with Crippen LogP contribution in [0.15, 0.2) is 42.5 Å². The summed E-state index contributed by atoms with van der Waals surface area (Å²) >= 11 is 1.18. The van der Waals surface area contributed by atoms with Crippen LogP contribution in [-0.4, -0.2) is 27.2 Å². The van der Waals surface area contributed by atoms with Crippen molar-refractivity contribution in [2.75, 3.05) is 5.32 Å². The lowest BCUT2D eigenvalue weighted by Gasteiger charge is -2.07. The number of carbonyl (C=O) groups is 1. The fourth-order valence-corrected chi connectivity index (χ4v) is 3.88. The zero-order valence-electron chi connectivity index (χ0n) is 15.1. The second-order valence-electron chi connectivity index (χ2n) is 6.38. The topological polar surface area (TPSA) is 108 Å². The highest BCUT2D eigenvalue weighted by Crippen LogP contribution is 2.38. The van der Waals surface area contributed by atoms with Crippen molar-refractivity contribution in [1.29, 1.82) is 0 Å². The van der Waals surface area contributed by atoms with Crippen molar-refractivity contribution in [2.45, 2.75) is 26.1 Å². The predicted molar refractivity (Wildman–Crippen MR) is 107 cm³/mol. The summed E-state index contributed by atoms with van der Waals surface area (Å²) < 4.78 is 14.6. The van der Waals surface area contributed by atoms with Crippen molar-refractivity contribution in [3.63, 3.8) is 0 Å². The summed E-state index contributed by atoms with van der Waals surface area (Å²) in [6.07, 6.45) is -0.208. The largest absolute Gasteiger partial charge is 0.393 e. The molecule has 0 spiro atoms. The number of halogens is 1. The number of benzene rings is 1. The number of aromatic nitrogens is 1. The number of hydrogen-bond donors (Lipinski definition) is 4. The molecule has 0 saturated heterocycles. The number of nitrogens with zero attached hydrogens (tertiary/aromatic N) is 1. The third-order valence-corrected chi connectivity index (χ3v) is 5.12. The van der Waals surface area contributed by atoms with Crippen molar-refractivity contribution >= 4 is 28.1 Å². The number of aliphatic hydroxyl groups is 2. The normalized spacial score (nSPS) is 12.0. The Morgan fingerprint density at radius 3 is 2.75 bits per heavy atom. The van der Waals surface area contributed by atoms with E-state index in [0.29, 0.717) is 38.9 Å². The summed E-state index contributed by atoms with van der Waals surface area (Å²) in [5, 5.41) is 22.1. The van der Waals surface area contributed by atoms with Crippen molar-refractivity contribution in [3.8, 4) is 10.4 Å². The van der Waals surface area contributed by atoms with Crippen LogP contribution in [0.2, 0.25) is 0 Å². The fourth-order valence-electron chi connectivity index (χ4n) is 2.78. The first-order valence-corrected chi connectivity index (χ1v) is 9.43. The minimum Gasteiger partial charge on any atom is -0.393 e. The summed E-state index contributed by atoms with van der Waals surface area (Å²) in [6.45, 7) is 1.43. The first-order valence-electron chi connectivity index (χ1n) is 8.61. The van der Waals surface area contributed by atoms with E-state index in [9.17, 15) is 19.4 Å². The minimum absolute atomic E-state index is 0.210. The van der Waals surface area contributed by atoms with E-state index >= 15 is 0 Å². The van der Waals surface area contributed by atoms with E-state index < -0.39 is 17.8 Å². The Bertz CT molecular complexity index is 1000. The third-order valence-electron chi connectivity index (χ3n) is 4.04. The molecule has 1 atom stereocenters. The third kappa shape index (κ3) is 4.53. The molecule has 0 aliphatic heterocycles. The Kier molecular flexibility index (Phi) is 6.03. The lowest BCUT2D eigenvalue weighted by molar-refractivity contribution is 0.100. The first-order chi connectivity index (χ1) is 13.4. The number of thiophene rings is 1. The van der Waals surface area contributed by atoms with E-state index in [0.717, 1.165) is 0 Å². The number of aliphatic hydroxyl groups excluding tert-OH is 2. The number of amides is 1. The Hall–Kier alpha value is -2.81. The van der Waals surface area contributed by atoms with Gasteiger partial charge in [0.25, 0.3) is 5.91 Å². The molecule has 0 radical (unpaired) electrons. The van der Waals surface area contributed by atoms with Gasteiger partial charge in [0.2, 0.25) is 0 Å². The van der Waals surface area contributed by atoms with Gasteiger partial charge in [0.1, 0.15) is 16.6 Å². The van der Waals surface area contributed by atoms with Crippen molar-refractivity contribution in [1.82, 2.24) is 4.98 Å². The second-order valence-corrected chi connectivity index (χ2v) is 7.43. The van der Waals surface area contributed by atoms with Gasteiger partial charge in [-0.15, -0.1) is 11.3 Å². The summed E-state index contributed by atoms with van der Waals surface area (Å²) in [7, 11) is 0. The second kappa shape index (κ2) is 8.47. The molecule has 0 bridgehead atoms. The number of nitrogens with one attached hydrogen (secondary N) is 1. The maximum absolute atomic E-state index is 14.6. The number of primary amides is 1. The molecule has 2 heterocycles. The summed E-state index contributed by atoms with van der Waals surface area (Å²) in [4.78, 5) is 16.6. The number of hydrogen-bond acceptors (Lipinski definition) is 6. The molecule has 1 amide bonds. The first kappa shape index (κ1) is 19.9. The smallest absolute Gasteiger partial charge is 0.251 e. The molecule has 6 nitrogen and oxygen atoms in total. The summed E-state index contributed by atoms with van der Waals surface area (Å²) in [6, 6.07) is 11.4. The van der Waals surface area contributed by atoms with Gasteiger partial charge in [0.15, 0.2) is 0 Å². The molecule has 0 fully saturated rings. The average Bonchev–Trinajstić information content (AvgIpc) is 3.05. The van der Waals surface area contributed by atoms with E-state index in [-0.39, 0.29) is 12.2 Å². The molecule has 3 aromatic rings. The van der Waals surface area contributed by atoms with Gasteiger partial charge in [0, 0.05) is 10.4 Å². The van der Waals surface area contributed by atoms with Gasteiger partial charge in [0.05, 0.1) is 24.0 Å². The van der Waals surface area contributed by atoms with Crippen LogP contribution in [-0.2, 0) is 13.0 Å². The van der Waals surface area contributed by atoms with Crippen LogP contribution in [0.5, 0.6) is 0 Å². The zero-order chi connectivity index (χ0) is 20.3. The Balaban J connectivity index is 1.95. The SMILES string of the molecule is CC(O)Cc1ccc(-c2cc(C(N)=O)c(Nc3cccc(CO)n3)s2)c(F)c1. The van der Waals surface area contributed by atoms with E-state index in [1.165, 1.54) is 23.5 Å². The van der Waals surface area contributed by atoms with Crippen LogP contribution in [0.3, 0.4) is 0 Å². The van der Waals surface area contributed by atoms with Crippen LogP contribution in [0.25, 0.3) is 10.4 Å². The van der Waals surface area contributed by atoms with Crippen LogP contribution in [0.1, 0.15) is 28.5 Å². The highest BCUT2D eigenvalue weighted by molar-refractivity contribution is 7.19. The Labute approximate surface area is 165 Å². The number of pyridine rings is 1. The lowest BCUT2D eigenvalue weighted by atomic mass is 10.0. The van der Waals surface area contributed by atoms with Gasteiger partial charge in [-0.3, -0.25) is 4.79 Å². The van der Waals surface area contributed by atoms with Crippen LogP contribution >= 0.6 is 11.3 Å². The van der Waals surface area contributed by atoms with Gasteiger partial charge in [-0.25, -0.2) is 9.37 Å². The van der Waals surface area contributed by atoms with E-state index in [4.69, 9.17) is 5.73 Å². The van der Waals surface area contributed by atoms with Gasteiger partial charge in [-0.2, -0.15) is 0 Å². The van der Waals surface area contributed by atoms with E-state index in [1.807, 2.05) is 0 Å². The predicted octanol–water partition coefficient (Wildman–Crippen LogP) is 3.21. The summed E-state index contributed by atoms with van der Waals surface area (Å²) in [5.74, 6) is -0.646. The van der Waals surface area contributed by atoms with E-state index in [1.54, 1.807) is 37.3 Å². The molecular weight excluding hydrogens is 381 g/mol. The molecule has 28 heavy (non-hydrogen) atoms. The Morgan fingerprint density at radius 2 is 2.11 bits per heavy atom. The maximum Gasteiger partial charge on any atom is 0.251 e. The Morgan fingerprint density at radius 1 is 1.32 bits per heavy atom. The molecule has 0 saturated carbocycles. The summed E-state index contributed by atoms with van der Waals surface area (Å²) in [5.41, 5.74) is 7.20. The molecule has 2 aromatic heterocycles. The zero-order valence-corrected chi connectivity index (χ0v) is 16.0. The molecule has 146 valence electrons. The lowest BCUT2D eigenvalue weighted by Crippen LogP contribution is -2.11. The minimum atomic E-state index is -0.644. The average molecular weight is 401 g/mol. The van der Waals surface area contributed by atoms with Gasteiger partial charge in [-0.05, 0) is 43.2 Å². The molecule has 1 aromatic carbocycles. The maximum atomic E-state index is 14.6. The van der Waals surface area contributed by atoms with Crippen molar-refractivity contribution in [3.05, 3.63) is 65.1 Å². The standard InChI is InChI=1S/C20H20FN3O3S/c1-11(26)7-12-5-6-14(16(21)8-12)17-9-15(19(22)27)20(28-17)24-18-4-2-3-13(10-25)23-18/h2-6,8-9,11,25-26H,7,10H2,1H3,(H2,22,27)(H,23,24). The molecule has 0 aliphatic rings. The fraction of sp³-hybridized carbons (Fsp3) is 0.200. The van der Waals surface area contributed by atoms with Gasteiger partial charge >= 0.3 is 0 Å². The number of anilines is 2. The molecule has 3 rings (SSSR count). The van der Waals surface area contributed by atoms with Gasteiger partial charge < -0.3 is 21.3 Å². The van der Waals surface area contributed by atoms with Crippen LogP contribution in [0.4, 0.5) is 15.2 Å². The molecular formula is C20H20FN3O3S. The highest BCUT2D eigenvalue weighted by atomic mass is 32.1. The van der Waals surface area contributed by atoms with Gasteiger partial charge in [-0.1, -0.05) is 18.2 Å². The molecule has 1 unspecified atom stereocenters.